The van der Waals surface area contributed by atoms with Gasteiger partial charge in [-0.05, 0) is 30.1 Å². The Morgan fingerprint density at radius 1 is 1.36 bits per heavy atom. The fraction of sp³-hybridized carbons (Fsp3) is 0.818. The Labute approximate surface area is 70.7 Å². The summed E-state index contributed by atoms with van der Waals surface area (Å²) in [6.45, 7) is 13.5. The predicted octanol–water partition coefficient (Wildman–Crippen LogP) is 3.49. The zero-order valence-electron chi connectivity index (χ0n) is 8.22. The highest BCUT2D eigenvalue weighted by Gasteiger charge is 2.33. The van der Waals surface area contributed by atoms with E-state index < -0.39 is 0 Å². The second-order valence-electron chi connectivity index (χ2n) is 4.46. The predicted molar refractivity (Wildman–Crippen MR) is 50.4 cm³/mol. The summed E-state index contributed by atoms with van der Waals surface area (Å²) >= 11 is 0. The van der Waals surface area contributed by atoms with Crippen molar-refractivity contribution in [2.75, 3.05) is 0 Å². The third-order valence-electron chi connectivity index (χ3n) is 3.12. The monoisotopic (exact) mass is 152 g/mol. The largest absolute Gasteiger partial charge is 0.0993 e. The molecule has 1 saturated carbocycles. The zero-order valence-corrected chi connectivity index (χ0v) is 8.22. The van der Waals surface area contributed by atoms with Crippen LogP contribution in [-0.2, 0) is 0 Å². The first-order valence-electron chi connectivity index (χ1n) is 4.72. The molecule has 0 bridgehead atoms. The number of rotatable bonds is 1. The van der Waals surface area contributed by atoms with Gasteiger partial charge >= 0.3 is 0 Å². The maximum atomic E-state index is 4.19. The molecular formula is C11H20. The van der Waals surface area contributed by atoms with Crippen LogP contribution in [-0.4, -0.2) is 0 Å². The summed E-state index contributed by atoms with van der Waals surface area (Å²) in [6, 6.07) is 0. The molecule has 0 saturated heterocycles. The lowest BCUT2D eigenvalue weighted by Crippen LogP contribution is -2.12. The van der Waals surface area contributed by atoms with Crippen LogP contribution in [0.2, 0.25) is 0 Å². The second kappa shape index (κ2) is 3.00. The first-order chi connectivity index (χ1) is 5.04. The first kappa shape index (κ1) is 8.83. The lowest BCUT2D eigenvalue weighted by atomic mass is 9.85. The van der Waals surface area contributed by atoms with Gasteiger partial charge in [0, 0.05) is 0 Å². The summed E-state index contributed by atoms with van der Waals surface area (Å²) in [4.78, 5) is 0. The van der Waals surface area contributed by atoms with Crippen LogP contribution in [0.25, 0.3) is 0 Å². The molecule has 0 heteroatoms. The molecular weight excluding hydrogens is 132 g/mol. The van der Waals surface area contributed by atoms with E-state index in [1.807, 2.05) is 0 Å². The van der Waals surface area contributed by atoms with E-state index in [0.717, 1.165) is 23.7 Å². The van der Waals surface area contributed by atoms with Gasteiger partial charge in [0.2, 0.25) is 0 Å². The molecule has 0 N–H and O–H groups in total. The molecule has 1 fully saturated rings. The van der Waals surface area contributed by atoms with Crippen molar-refractivity contribution in [2.45, 2.75) is 34.1 Å². The van der Waals surface area contributed by atoms with E-state index in [9.17, 15) is 0 Å². The number of hydrogen-bond donors (Lipinski definition) is 0. The summed E-state index contributed by atoms with van der Waals surface area (Å²) in [6.07, 6.45) is 1.35. The Bertz CT molecular complexity index is 155. The third kappa shape index (κ3) is 1.50. The normalized spacial score (nSPS) is 38.6. The van der Waals surface area contributed by atoms with Crippen LogP contribution in [0.1, 0.15) is 34.1 Å². The summed E-state index contributed by atoms with van der Waals surface area (Å²) in [7, 11) is 0. The first-order valence-corrected chi connectivity index (χ1v) is 4.72. The molecule has 0 spiro atoms. The van der Waals surface area contributed by atoms with Crippen LogP contribution in [0.3, 0.4) is 0 Å². The lowest BCUT2D eigenvalue weighted by Gasteiger charge is -2.20. The van der Waals surface area contributed by atoms with Crippen LogP contribution < -0.4 is 0 Å². The van der Waals surface area contributed by atoms with Crippen molar-refractivity contribution in [2.24, 2.45) is 23.7 Å². The van der Waals surface area contributed by atoms with Crippen LogP contribution in [0.4, 0.5) is 0 Å². The minimum Gasteiger partial charge on any atom is -0.0993 e. The van der Waals surface area contributed by atoms with E-state index in [0.29, 0.717) is 0 Å². The van der Waals surface area contributed by atoms with Crippen molar-refractivity contribution in [3.63, 3.8) is 0 Å². The van der Waals surface area contributed by atoms with Gasteiger partial charge in [-0.1, -0.05) is 39.8 Å². The van der Waals surface area contributed by atoms with Gasteiger partial charge in [-0.15, -0.1) is 0 Å². The quantitative estimate of drug-likeness (QED) is 0.504. The van der Waals surface area contributed by atoms with Gasteiger partial charge in [-0.3, -0.25) is 0 Å². The molecule has 64 valence electrons. The van der Waals surface area contributed by atoms with E-state index in [1.54, 1.807) is 0 Å². The van der Waals surface area contributed by atoms with Gasteiger partial charge in [-0.2, -0.15) is 0 Å². The molecule has 0 nitrogen and oxygen atoms in total. The van der Waals surface area contributed by atoms with Crippen molar-refractivity contribution in [3.05, 3.63) is 12.2 Å². The fourth-order valence-electron chi connectivity index (χ4n) is 2.63. The van der Waals surface area contributed by atoms with E-state index in [4.69, 9.17) is 0 Å². The smallest absolute Gasteiger partial charge is 0.0154 e. The Morgan fingerprint density at radius 3 is 2.09 bits per heavy atom. The minimum absolute atomic E-state index is 0.761. The van der Waals surface area contributed by atoms with Gasteiger partial charge in [-0.25, -0.2) is 0 Å². The Hall–Kier alpha value is -0.260. The second-order valence-corrected chi connectivity index (χ2v) is 4.46. The molecule has 0 radical (unpaired) electrons. The molecule has 0 aromatic heterocycles. The topological polar surface area (TPSA) is 0 Å². The van der Waals surface area contributed by atoms with Crippen molar-refractivity contribution in [3.8, 4) is 0 Å². The van der Waals surface area contributed by atoms with Crippen LogP contribution in [0, 0.1) is 23.7 Å². The maximum Gasteiger partial charge on any atom is -0.0154 e. The van der Waals surface area contributed by atoms with Crippen LogP contribution >= 0.6 is 0 Å². The number of hydrogen-bond acceptors (Lipinski definition) is 0. The van der Waals surface area contributed by atoms with E-state index in [-0.39, 0.29) is 0 Å². The van der Waals surface area contributed by atoms with Gasteiger partial charge in [0.1, 0.15) is 0 Å². The molecule has 0 aromatic carbocycles. The van der Waals surface area contributed by atoms with Crippen molar-refractivity contribution < 1.29 is 0 Å². The molecule has 1 aliphatic carbocycles. The maximum absolute atomic E-state index is 4.19. The van der Waals surface area contributed by atoms with E-state index >= 15 is 0 Å². The van der Waals surface area contributed by atoms with Crippen LogP contribution in [0.5, 0.6) is 0 Å². The van der Waals surface area contributed by atoms with E-state index in [2.05, 4.69) is 34.3 Å². The highest BCUT2D eigenvalue weighted by molar-refractivity contribution is 5.12. The Balaban J connectivity index is 2.72. The molecule has 0 aromatic rings. The Kier molecular flexibility index (Phi) is 2.41. The summed E-state index contributed by atoms with van der Waals surface area (Å²) in [5.74, 6) is 3.18. The van der Waals surface area contributed by atoms with Gasteiger partial charge in [0.05, 0.1) is 0 Å². The molecule has 3 atom stereocenters. The molecule has 0 heterocycles. The molecule has 3 unspecified atom stereocenters. The van der Waals surface area contributed by atoms with Crippen molar-refractivity contribution in [1.82, 2.24) is 0 Å². The highest BCUT2D eigenvalue weighted by atomic mass is 14.4. The average Bonchev–Trinajstić information content (AvgIpc) is 2.07. The SMILES string of the molecule is C=C1C(C)CC(C)C1C(C)C. The van der Waals surface area contributed by atoms with Gasteiger partial charge < -0.3 is 0 Å². The average molecular weight is 152 g/mol. The molecule has 0 aliphatic heterocycles. The molecule has 11 heavy (non-hydrogen) atoms. The Morgan fingerprint density at radius 2 is 1.91 bits per heavy atom. The lowest BCUT2D eigenvalue weighted by molar-refractivity contribution is 0.354. The minimum atomic E-state index is 0.761. The van der Waals surface area contributed by atoms with Gasteiger partial charge in [0.15, 0.2) is 0 Å². The molecule has 0 amide bonds. The molecule has 1 rings (SSSR count). The van der Waals surface area contributed by atoms with Crippen molar-refractivity contribution >= 4 is 0 Å². The zero-order chi connectivity index (χ0) is 8.59. The molecule has 1 aliphatic rings. The number of allylic oxidation sites excluding steroid dienone is 1. The fourth-order valence-corrected chi connectivity index (χ4v) is 2.63. The standard InChI is InChI=1S/C11H20/c1-7(2)11-9(4)6-8(3)10(11)5/h7-9,11H,5-6H2,1-4H3. The van der Waals surface area contributed by atoms with Gasteiger partial charge in [0.25, 0.3) is 0 Å². The highest BCUT2D eigenvalue weighted by Crippen LogP contribution is 2.43. The summed E-state index contributed by atoms with van der Waals surface area (Å²) in [5, 5.41) is 0. The van der Waals surface area contributed by atoms with E-state index in [1.165, 1.54) is 12.0 Å². The third-order valence-corrected chi connectivity index (χ3v) is 3.12. The van der Waals surface area contributed by atoms with Crippen LogP contribution in [0.15, 0.2) is 12.2 Å². The summed E-state index contributed by atoms with van der Waals surface area (Å²) < 4.78 is 0. The van der Waals surface area contributed by atoms with Crippen molar-refractivity contribution in [1.29, 1.82) is 0 Å². The summed E-state index contributed by atoms with van der Waals surface area (Å²) in [5.41, 5.74) is 1.49.